The second kappa shape index (κ2) is 7.93. The molecule has 1 aromatic rings. The van der Waals surface area contributed by atoms with Crippen molar-refractivity contribution in [1.29, 1.82) is 0 Å². The van der Waals surface area contributed by atoms with Crippen LogP contribution in [0.5, 0.6) is 5.75 Å². The summed E-state index contributed by atoms with van der Waals surface area (Å²) in [6, 6.07) is 6.28. The Morgan fingerprint density at radius 2 is 2.00 bits per heavy atom. The maximum Gasteiger partial charge on any atom is 0.125 e. The molecule has 0 N–H and O–H groups in total. The number of allylic oxidation sites excluding steroid dienone is 1. The molecule has 0 atom stereocenters. The standard InChI is InChI=1S/C16H25NO/c1-5-9-15-11-8-10-14(4)16(15)18-13-12-17(6-2)7-3/h5,8,10-11H,1,6-7,9,12-13H2,2-4H3. The fourth-order valence-electron chi connectivity index (χ4n) is 2.05. The van der Waals surface area contributed by atoms with E-state index in [0.29, 0.717) is 0 Å². The molecule has 0 aromatic heterocycles. The Balaban J connectivity index is 2.62. The molecule has 1 aromatic carbocycles. The van der Waals surface area contributed by atoms with Crippen molar-refractivity contribution in [2.24, 2.45) is 0 Å². The number of hydrogen-bond donors (Lipinski definition) is 0. The van der Waals surface area contributed by atoms with Gasteiger partial charge in [0, 0.05) is 6.54 Å². The number of rotatable bonds is 8. The number of aryl methyl sites for hydroxylation is 1. The van der Waals surface area contributed by atoms with Gasteiger partial charge in [-0.2, -0.15) is 0 Å². The van der Waals surface area contributed by atoms with Gasteiger partial charge in [-0.15, -0.1) is 6.58 Å². The topological polar surface area (TPSA) is 12.5 Å². The molecule has 0 bridgehead atoms. The van der Waals surface area contributed by atoms with Crippen LogP contribution in [0.25, 0.3) is 0 Å². The Morgan fingerprint density at radius 3 is 2.61 bits per heavy atom. The van der Waals surface area contributed by atoms with Crippen LogP contribution in [0.1, 0.15) is 25.0 Å². The Bertz CT molecular complexity index is 369. The highest BCUT2D eigenvalue weighted by Crippen LogP contribution is 2.24. The van der Waals surface area contributed by atoms with Crippen molar-refractivity contribution in [2.45, 2.75) is 27.2 Å². The molecule has 0 aliphatic heterocycles. The minimum atomic E-state index is 0.747. The molecular weight excluding hydrogens is 222 g/mol. The van der Waals surface area contributed by atoms with Crippen molar-refractivity contribution in [3.05, 3.63) is 42.0 Å². The number of hydrogen-bond acceptors (Lipinski definition) is 2. The van der Waals surface area contributed by atoms with Crippen molar-refractivity contribution in [3.63, 3.8) is 0 Å². The van der Waals surface area contributed by atoms with Gasteiger partial charge >= 0.3 is 0 Å². The van der Waals surface area contributed by atoms with Gasteiger partial charge < -0.3 is 9.64 Å². The number of para-hydroxylation sites is 1. The Morgan fingerprint density at radius 1 is 1.28 bits per heavy atom. The molecule has 0 spiro atoms. The van der Waals surface area contributed by atoms with E-state index >= 15 is 0 Å². The first-order valence-corrected chi connectivity index (χ1v) is 6.77. The second-order valence-electron chi connectivity index (χ2n) is 4.43. The summed E-state index contributed by atoms with van der Waals surface area (Å²) in [6.45, 7) is 14.1. The van der Waals surface area contributed by atoms with E-state index in [1.807, 2.05) is 6.08 Å². The van der Waals surface area contributed by atoms with E-state index in [4.69, 9.17) is 4.74 Å². The van der Waals surface area contributed by atoms with Gasteiger partial charge in [-0.3, -0.25) is 0 Å². The largest absolute Gasteiger partial charge is 0.492 e. The third-order valence-corrected chi connectivity index (χ3v) is 3.21. The van der Waals surface area contributed by atoms with E-state index in [2.05, 4.69) is 50.4 Å². The van der Waals surface area contributed by atoms with E-state index in [0.717, 1.165) is 38.4 Å². The number of benzene rings is 1. The lowest BCUT2D eigenvalue weighted by Crippen LogP contribution is -2.28. The summed E-state index contributed by atoms with van der Waals surface area (Å²) in [4.78, 5) is 2.37. The van der Waals surface area contributed by atoms with Gasteiger partial charge in [0.1, 0.15) is 12.4 Å². The fourth-order valence-corrected chi connectivity index (χ4v) is 2.05. The summed E-state index contributed by atoms with van der Waals surface area (Å²) < 4.78 is 5.97. The van der Waals surface area contributed by atoms with E-state index in [9.17, 15) is 0 Å². The number of ether oxygens (including phenoxy) is 1. The van der Waals surface area contributed by atoms with Crippen LogP contribution in [0.3, 0.4) is 0 Å². The lowest BCUT2D eigenvalue weighted by atomic mass is 10.1. The molecule has 0 fully saturated rings. The van der Waals surface area contributed by atoms with Crippen molar-refractivity contribution in [3.8, 4) is 5.75 Å². The molecule has 0 aliphatic carbocycles. The number of nitrogens with zero attached hydrogens (tertiary/aromatic N) is 1. The highest BCUT2D eigenvalue weighted by Gasteiger charge is 2.06. The SMILES string of the molecule is C=CCc1cccc(C)c1OCCN(CC)CC. The Hall–Kier alpha value is -1.28. The minimum absolute atomic E-state index is 0.747. The van der Waals surface area contributed by atoms with E-state index in [1.165, 1.54) is 11.1 Å². The van der Waals surface area contributed by atoms with Gasteiger partial charge in [-0.25, -0.2) is 0 Å². The molecule has 18 heavy (non-hydrogen) atoms. The molecule has 2 nitrogen and oxygen atoms in total. The van der Waals surface area contributed by atoms with Crippen LogP contribution in [0.15, 0.2) is 30.9 Å². The first-order chi connectivity index (χ1) is 8.72. The van der Waals surface area contributed by atoms with Crippen LogP contribution < -0.4 is 4.74 Å². The number of likely N-dealkylation sites (N-methyl/N-ethyl adjacent to an activating group) is 1. The first kappa shape index (κ1) is 14.8. The molecule has 0 saturated carbocycles. The summed E-state index contributed by atoms with van der Waals surface area (Å²) in [5.74, 6) is 1.03. The van der Waals surface area contributed by atoms with Crippen LogP contribution in [-0.4, -0.2) is 31.1 Å². The van der Waals surface area contributed by atoms with Crippen LogP contribution in [0, 0.1) is 6.92 Å². The molecule has 0 amide bonds. The maximum atomic E-state index is 5.97. The zero-order chi connectivity index (χ0) is 13.4. The zero-order valence-electron chi connectivity index (χ0n) is 11.9. The minimum Gasteiger partial charge on any atom is -0.492 e. The Labute approximate surface area is 111 Å². The summed E-state index contributed by atoms with van der Waals surface area (Å²) in [5, 5.41) is 0. The van der Waals surface area contributed by atoms with Crippen molar-refractivity contribution >= 4 is 0 Å². The highest BCUT2D eigenvalue weighted by molar-refractivity contribution is 5.41. The lowest BCUT2D eigenvalue weighted by Gasteiger charge is -2.19. The highest BCUT2D eigenvalue weighted by atomic mass is 16.5. The van der Waals surface area contributed by atoms with Gasteiger partial charge in [-0.1, -0.05) is 38.1 Å². The molecule has 0 radical (unpaired) electrons. The van der Waals surface area contributed by atoms with Gasteiger partial charge in [-0.05, 0) is 37.6 Å². The third-order valence-electron chi connectivity index (χ3n) is 3.21. The summed E-state index contributed by atoms with van der Waals surface area (Å²) in [5.41, 5.74) is 2.43. The van der Waals surface area contributed by atoms with Crippen molar-refractivity contribution in [2.75, 3.05) is 26.2 Å². The third kappa shape index (κ3) is 4.19. The summed E-state index contributed by atoms with van der Waals surface area (Å²) in [6.07, 6.45) is 2.79. The van der Waals surface area contributed by atoms with Crippen LogP contribution in [0.4, 0.5) is 0 Å². The average Bonchev–Trinajstić information content (AvgIpc) is 2.38. The molecule has 0 aliphatic rings. The first-order valence-electron chi connectivity index (χ1n) is 6.77. The molecular formula is C16H25NO. The van der Waals surface area contributed by atoms with Crippen LogP contribution in [-0.2, 0) is 6.42 Å². The smallest absolute Gasteiger partial charge is 0.125 e. The zero-order valence-corrected chi connectivity index (χ0v) is 11.9. The van der Waals surface area contributed by atoms with Gasteiger partial charge in [0.2, 0.25) is 0 Å². The predicted molar refractivity (Wildman–Crippen MR) is 78.4 cm³/mol. The molecule has 0 heterocycles. The molecule has 100 valence electrons. The van der Waals surface area contributed by atoms with Crippen LogP contribution in [0.2, 0.25) is 0 Å². The lowest BCUT2D eigenvalue weighted by molar-refractivity contribution is 0.221. The predicted octanol–water partition coefficient (Wildman–Crippen LogP) is 3.44. The normalized spacial score (nSPS) is 10.7. The van der Waals surface area contributed by atoms with E-state index in [1.54, 1.807) is 0 Å². The van der Waals surface area contributed by atoms with Gasteiger partial charge in [0.25, 0.3) is 0 Å². The quantitative estimate of drug-likeness (QED) is 0.652. The summed E-state index contributed by atoms with van der Waals surface area (Å²) in [7, 11) is 0. The van der Waals surface area contributed by atoms with Gasteiger partial charge in [0.15, 0.2) is 0 Å². The molecule has 2 heteroatoms. The second-order valence-corrected chi connectivity index (χ2v) is 4.43. The monoisotopic (exact) mass is 247 g/mol. The van der Waals surface area contributed by atoms with Crippen LogP contribution >= 0.6 is 0 Å². The van der Waals surface area contributed by atoms with Gasteiger partial charge in [0.05, 0.1) is 0 Å². The molecule has 0 unspecified atom stereocenters. The fraction of sp³-hybridized carbons (Fsp3) is 0.500. The van der Waals surface area contributed by atoms with Crippen molar-refractivity contribution < 1.29 is 4.74 Å². The molecule has 0 saturated heterocycles. The summed E-state index contributed by atoms with van der Waals surface area (Å²) >= 11 is 0. The van der Waals surface area contributed by atoms with Crippen molar-refractivity contribution in [1.82, 2.24) is 4.90 Å². The Kier molecular flexibility index (Phi) is 6.51. The maximum absolute atomic E-state index is 5.97. The average molecular weight is 247 g/mol. The molecule has 1 rings (SSSR count). The van der Waals surface area contributed by atoms with E-state index in [-0.39, 0.29) is 0 Å². The van der Waals surface area contributed by atoms with E-state index < -0.39 is 0 Å².